The summed E-state index contributed by atoms with van der Waals surface area (Å²) in [6.07, 6.45) is 4.71. The third-order valence-corrected chi connectivity index (χ3v) is 5.23. The lowest BCUT2D eigenvalue weighted by molar-refractivity contribution is -0.0708. The van der Waals surface area contributed by atoms with Crippen molar-refractivity contribution < 1.29 is 14.6 Å². The SMILES string of the molecule is COC(=O)c1ccc(CN2CC3CCC2(CO)CC3)cc1. The Morgan fingerprint density at radius 1 is 1.33 bits per heavy atom. The fourth-order valence-electron chi connectivity index (χ4n) is 3.79. The standard InChI is InChI=1S/C17H23NO3/c1-21-16(20)15-4-2-13(3-5-15)10-18-11-14-6-8-17(18,12-19)9-7-14/h2-5,14,19H,6-12H2,1H3. The summed E-state index contributed by atoms with van der Waals surface area (Å²) in [5.41, 5.74) is 1.75. The van der Waals surface area contributed by atoms with Crippen molar-refractivity contribution in [1.29, 1.82) is 0 Å². The lowest BCUT2D eigenvalue weighted by Crippen LogP contribution is -2.59. The number of carbonyl (C=O) groups excluding carboxylic acids is 1. The molecular weight excluding hydrogens is 266 g/mol. The Morgan fingerprint density at radius 3 is 2.57 bits per heavy atom. The van der Waals surface area contributed by atoms with Crippen LogP contribution < -0.4 is 0 Å². The lowest BCUT2D eigenvalue weighted by atomic mass is 9.70. The Labute approximate surface area is 125 Å². The number of ether oxygens (including phenoxy) is 1. The van der Waals surface area contributed by atoms with E-state index in [9.17, 15) is 9.90 Å². The molecule has 4 rings (SSSR count). The van der Waals surface area contributed by atoms with Gasteiger partial charge >= 0.3 is 5.97 Å². The Bertz CT molecular complexity index is 503. The molecule has 4 nitrogen and oxygen atoms in total. The van der Waals surface area contributed by atoms with Crippen molar-refractivity contribution in [2.24, 2.45) is 5.92 Å². The number of aliphatic hydroxyl groups is 1. The molecule has 1 N–H and O–H groups in total. The second-order valence-corrected chi connectivity index (χ2v) is 6.39. The molecule has 3 aliphatic rings. The van der Waals surface area contributed by atoms with E-state index < -0.39 is 0 Å². The molecule has 0 unspecified atom stereocenters. The molecule has 0 amide bonds. The molecule has 2 heterocycles. The Balaban J connectivity index is 1.72. The third-order valence-electron chi connectivity index (χ3n) is 5.23. The largest absolute Gasteiger partial charge is 0.465 e. The molecule has 4 heteroatoms. The number of benzene rings is 1. The van der Waals surface area contributed by atoms with E-state index in [2.05, 4.69) is 4.90 Å². The highest BCUT2D eigenvalue weighted by Crippen LogP contribution is 2.43. The molecule has 2 aliphatic heterocycles. The van der Waals surface area contributed by atoms with E-state index in [-0.39, 0.29) is 18.1 Å². The van der Waals surface area contributed by atoms with Gasteiger partial charge in [-0.25, -0.2) is 4.79 Å². The van der Waals surface area contributed by atoms with E-state index in [0.29, 0.717) is 5.56 Å². The van der Waals surface area contributed by atoms with Crippen LogP contribution >= 0.6 is 0 Å². The van der Waals surface area contributed by atoms with Gasteiger partial charge in [0.25, 0.3) is 0 Å². The smallest absolute Gasteiger partial charge is 0.337 e. The van der Waals surface area contributed by atoms with Gasteiger partial charge in [-0.3, -0.25) is 4.90 Å². The molecule has 1 aromatic rings. The van der Waals surface area contributed by atoms with E-state index in [0.717, 1.165) is 31.8 Å². The topological polar surface area (TPSA) is 49.8 Å². The Kier molecular flexibility index (Phi) is 4.00. The van der Waals surface area contributed by atoms with Gasteiger partial charge in [0.05, 0.1) is 19.3 Å². The van der Waals surface area contributed by atoms with Crippen LogP contribution in [0.5, 0.6) is 0 Å². The fourth-order valence-corrected chi connectivity index (χ4v) is 3.79. The number of hydrogen-bond donors (Lipinski definition) is 1. The van der Waals surface area contributed by atoms with Crippen molar-refractivity contribution in [3.8, 4) is 0 Å². The number of hydrogen-bond acceptors (Lipinski definition) is 4. The third kappa shape index (κ3) is 2.70. The van der Waals surface area contributed by atoms with Gasteiger partial charge in [0.1, 0.15) is 0 Å². The molecule has 0 radical (unpaired) electrons. The number of aliphatic hydroxyl groups excluding tert-OH is 1. The first-order valence-electron chi connectivity index (χ1n) is 7.70. The number of carbonyl (C=O) groups is 1. The van der Waals surface area contributed by atoms with Gasteiger partial charge < -0.3 is 9.84 Å². The van der Waals surface area contributed by atoms with Gasteiger partial charge in [0, 0.05) is 18.6 Å². The summed E-state index contributed by atoms with van der Waals surface area (Å²) < 4.78 is 4.72. The zero-order valence-corrected chi connectivity index (χ0v) is 12.5. The first kappa shape index (κ1) is 14.5. The minimum Gasteiger partial charge on any atom is -0.465 e. The van der Waals surface area contributed by atoms with E-state index in [1.165, 1.54) is 25.5 Å². The minimum atomic E-state index is -0.301. The highest BCUT2D eigenvalue weighted by Gasteiger charge is 2.45. The molecule has 2 bridgehead atoms. The van der Waals surface area contributed by atoms with Crippen LogP contribution in [0.2, 0.25) is 0 Å². The number of methoxy groups -OCH3 is 1. The first-order valence-corrected chi connectivity index (χ1v) is 7.70. The number of rotatable bonds is 4. The van der Waals surface area contributed by atoms with Crippen LogP contribution in [0.3, 0.4) is 0 Å². The molecule has 1 saturated carbocycles. The lowest BCUT2D eigenvalue weighted by Gasteiger charge is -2.54. The van der Waals surface area contributed by atoms with Gasteiger partial charge in [-0.15, -0.1) is 0 Å². The molecule has 114 valence electrons. The number of fused-ring (bicyclic) bond motifs is 3. The molecule has 1 aromatic carbocycles. The minimum absolute atomic E-state index is 0.0181. The molecule has 3 fully saturated rings. The Morgan fingerprint density at radius 2 is 2.00 bits per heavy atom. The second kappa shape index (κ2) is 5.78. The monoisotopic (exact) mass is 289 g/mol. The van der Waals surface area contributed by atoms with E-state index in [1.54, 1.807) is 0 Å². The summed E-state index contributed by atoms with van der Waals surface area (Å²) in [6.45, 7) is 2.18. The maximum Gasteiger partial charge on any atom is 0.337 e. The summed E-state index contributed by atoms with van der Waals surface area (Å²) >= 11 is 0. The molecule has 0 atom stereocenters. The van der Waals surface area contributed by atoms with Crippen molar-refractivity contribution >= 4 is 5.97 Å². The van der Waals surface area contributed by atoms with Crippen LogP contribution in [0.4, 0.5) is 0 Å². The predicted molar refractivity (Wildman–Crippen MR) is 80.0 cm³/mol. The summed E-state index contributed by atoms with van der Waals surface area (Å²) in [6, 6.07) is 7.60. The molecule has 2 saturated heterocycles. The van der Waals surface area contributed by atoms with Gasteiger partial charge in [-0.2, -0.15) is 0 Å². The molecule has 21 heavy (non-hydrogen) atoms. The van der Waals surface area contributed by atoms with Crippen molar-refractivity contribution in [3.63, 3.8) is 0 Å². The zero-order chi connectivity index (χ0) is 14.9. The second-order valence-electron chi connectivity index (χ2n) is 6.39. The highest BCUT2D eigenvalue weighted by molar-refractivity contribution is 5.89. The number of piperidine rings is 2. The average molecular weight is 289 g/mol. The van der Waals surface area contributed by atoms with Gasteiger partial charge in [0.2, 0.25) is 0 Å². The molecular formula is C17H23NO3. The van der Waals surface area contributed by atoms with Crippen LogP contribution in [0.1, 0.15) is 41.6 Å². The van der Waals surface area contributed by atoms with Gasteiger partial charge in [0.15, 0.2) is 0 Å². The maximum absolute atomic E-state index is 11.5. The van der Waals surface area contributed by atoms with Crippen molar-refractivity contribution in [3.05, 3.63) is 35.4 Å². The number of nitrogens with zero attached hydrogens (tertiary/aromatic N) is 1. The predicted octanol–water partition coefficient (Wildman–Crippen LogP) is 2.21. The summed E-state index contributed by atoms with van der Waals surface area (Å²) in [4.78, 5) is 13.9. The van der Waals surface area contributed by atoms with Gasteiger partial charge in [-0.1, -0.05) is 12.1 Å². The van der Waals surface area contributed by atoms with Crippen LogP contribution in [-0.2, 0) is 11.3 Å². The van der Waals surface area contributed by atoms with Crippen LogP contribution in [-0.4, -0.2) is 41.8 Å². The molecule has 1 aliphatic carbocycles. The van der Waals surface area contributed by atoms with Gasteiger partial charge in [-0.05, 0) is 49.3 Å². The summed E-state index contributed by atoms with van der Waals surface area (Å²) in [5, 5.41) is 9.86. The summed E-state index contributed by atoms with van der Waals surface area (Å²) in [5.74, 6) is 0.484. The molecule has 0 spiro atoms. The average Bonchev–Trinajstić information content (AvgIpc) is 2.56. The number of esters is 1. The first-order chi connectivity index (χ1) is 10.2. The Hall–Kier alpha value is -1.39. The van der Waals surface area contributed by atoms with Crippen molar-refractivity contribution in [2.75, 3.05) is 20.3 Å². The van der Waals surface area contributed by atoms with E-state index in [1.807, 2.05) is 24.3 Å². The van der Waals surface area contributed by atoms with Crippen LogP contribution in [0, 0.1) is 5.92 Å². The highest BCUT2D eigenvalue weighted by atomic mass is 16.5. The quantitative estimate of drug-likeness (QED) is 0.863. The van der Waals surface area contributed by atoms with Crippen molar-refractivity contribution in [1.82, 2.24) is 4.90 Å². The van der Waals surface area contributed by atoms with E-state index >= 15 is 0 Å². The molecule has 0 aromatic heterocycles. The fraction of sp³-hybridized carbons (Fsp3) is 0.588. The maximum atomic E-state index is 11.5. The normalized spacial score (nSPS) is 28.6. The van der Waals surface area contributed by atoms with Crippen LogP contribution in [0.15, 0.2) is 24.3 Å². The van der Waals surface area contributed by atoms with E-state index in [4.69, 9.17) is 4.74 Å². The van der Waals surface area contributed by atoms with Crippen molar-refractivity contribution in [2.45, 2.75) is 37.8 Å². The summed E-state index contributed by atoms with van der Waals surface area (Å²) in [7, 11) is 1.39. The van der Waals surface area contributed by atoms with Crippen LogP contribution in [0.25, 0.3) is 0 Å². The zero-order valence-electron chi connectivity index (χ0n) is 12.5.